The lowest BCUT2D eigenvalue weighted by atomic mass is 9.93. The second-order valence-electron chi connectivity index (χ2n) is 4.51. The van der Waals surface area contributed by atoms with Crippen molar-refractivity contribution in [1.82, 2.24) is 5.32 Å². The Hall–Kier alpha value is -0.890. The Morgan fingerprint density at radius 2 is 2.40 bits per heavy atom. The van der Waals surface area contributed by atoms with Gasteiger partial charge in [0.2, 0.25) is 0 Å². The van der Waals surface area contributed by atoms with Crippen LogP contribution in [0.2, 0.25) is 0 Å². The van der Waals surface area contributed by atoms with Crippen molar-refractivity contribution in [1.29, 1.82) is 0 Å². The summed E-state index contributed by atoms with van der Waals surface area (Å²) in [6.45, 7) is 3.38. The van der Waals surface area contributed by atoms with Gasteiger partial charge in [0.25, 0.3) is 0 Å². The Morgan fingerprint density at radius 3 is 3.07 bits per heavy atom. The standard InChI is InChI=1S/C13H18FN/c1-10(13-6-3-7-15-13)8-11-4-2-5-12(14)9-11/h2,4-5,9-10,13,15H,3,6-8H2,1H3. The van der Waals surface area contributed by atoms with Gasteiger partial charge in [0.1, 0.15) is 5.82 Å². The molecule has 1 N–H and O–H groups in total. The normalized spacial score (nSPS) is 22.9. The van der Waals surface area contributed by atoms with Gasteiger partial charge in [0.15, 0.2) is 0 Å². The Kier molecular flexibility index (Phi) is 3.37. The van der Waals surface area contributed by atoms with Gasteiger partial charge in [-0.1, -0.05) is 19.1 Å². The van der Waals surface area contributed by atoms with Gasteiger partial charge >= 0.3 is 0 Å². The highest BCUT2D eigenvalue weighted by molar-refractivity contribution is 5.17. The molecule has 1 aliphatic rings. The molecule has 1 aromatic rings. The minimum absolute atomic E-state index is 0.126. The van der Waals surface area contributed by atoms with Gasteiger partial charge in [-0.2, -0.15) is 0 Å². The fourth-order valence-corrected chi connectivity index (χ4v) is 2.38. The molecule has 0 spiro atoms. The van der Waals surface area contributed by atoms with E-state index >= 15 is 0 Å². The van der Waals surface area contributed by atoms with E-state index in [9.17, 15) is 4.39 Å². The zero-order valence-corrected chi connectivity index (χ0v) is 9.17. The van der Waals surface area contributed by atoms with Crippen LogP contribution in [0.15, 0.2) is 24.3 Å². The lowest BCUT2D eigenvalue weighted by molar-refractivity contribution is 0.417. The van der Waals surface area contributed by atoms with Crippen molar-refractivity contribution < 1.29 is 4.39 Å². The molecule has 2 heteroatoms. The van der Waals surface area contributed by atoms with Gasteiger partial charge in [-0.25, -0.2) is 4.39 Å². The van der Waals surface area contributed by atoms with Crippen LogP contribution >= 0.6 is 0 Å². The van der Waals surface area contributed by atoms with Gasteiger partial charge in [0, 0.05) is 6.04 Å². The molecule has 0 amide bonds. The molecule has 0 radical (unpaired) electrons. The molecule has 2 atom stereocenters. The first-order valence-corrected chi connectivity index (χ1v) is 5.73. The average molecular weight is 207 g/mol. The van der Waals surface area contributed by atoms with Crippen molar-refractivity contribution in [2.75, 3.05) is 6.54 Å². The first-order valence-electron chi connectivity index (χ1n) is 5.73. The smallest absolute Gasteiger partial charge is 0.123 e. The van der Waals surface area contributed by atoms with Crippen molar-refractivity contribution >= 4 is 0 Å². The van der Waals surface area contributed by atoms with Gasteiger partial charge in [-0.15, -0.1) is 0 Å². The fraction of sp³-hybridized carbons (Fsp3) is 0.538. The van der Waals surface area contributed by atoms with Crippen LogP contribution in [0.5, 0.6) is 0 Å². The molecular weight excluding hydrogens is 189 g/mol. The third-order valence-corrected chi connectivity index (χ3v) is 3.23. The SMILES string of the molecule is CC(Cc1cccc(F)c1)C1CCCN1. The van der Waals surface area contributed by atoms with E-state index in [0.29, 0.717) is 12.0 Å². The van der Waals surface area contributed by atoms with Crippen molar-refractivity contribution in [3.8, 4) is 0 Å². The molecule has 0 aliphatic carbocycles. The zero-order chi connectivity index (χ0) is 10.7. The number of halogens is 1. The van der Waals surface area contributed by atoms with Crippen LogP contribution < -0.4 is 5.32 Å². The number of rotatable bonds is 3. The maximum absolute atomic E-state index is 13.0. The molecule has 15 heavy (non-hydrogen) atoms. The van der Waals surface area contributed by atoms with Crippen molar-refractivity contribution in [2.24, 2.45) is 5.92 Å². The van der Waals surface area contributed by atoms with Crippen LogP contribution in [0.1, 0.15) is 25.3 Å². The topological polar surface area (TPSA) is 12.0 Å². The van der Waals surface area contributed by atoms with Gasteiger partial charge < -0.3 is 5.32 Å². The number of nitrogens with one attached hydrogen (secondary N) is 1. The van der Waals surface area contributed by atoms with Gasteiger partial charge in [-0.05, 0) is 49.4 Å². The third kappa shape index (κ3) is 2.78. The highest BCUT2D eigenvalue weighted by atomic mass is 19.1. The van der Waals surface area contributed by atoms with E-state index in [1.807, 2.05) is 6.07 Å². The second kappa shape index (κ2) is 4.75. The van der Waals surface area contributed by atoms with Gasteiger partial charge in [0.05, 0.1) is 0 Å². The van der Waals surface area contributed by atoms with E-state index in [2.05, 4.69) is 12.2 Å². The quantitative estimate of drug-likeness (QED) is 0.803. The Balaban J connectivity index is 1.95. The fourth-order valence-electron chi connectivity index (χ4n) is 2.38. The molecule has 1 fully saturated rings. The first-order chi connectivity index (χ1) is 7.25. The van der Waals surface area contributed by atoms with Crippen molar-refractivity contribution in [3.05, 3.63) is 35.6 Å². The summed E-state index contributed by atoms with van der Waals surface area (Å²) < 4.78 is 13.0. The minimum atomic E-state index is -0.126. The second-order valence-corrected chi connectivity index (χ2v) is 4.51. The predicted molar refractivity (Wildman–Crippen MR) is 60.3 cm³/mol. The number of hydrogen-bond donors (Lipinski definition) is 1. The Morgan fingerprint density at radius 1 is 1.53 bits per heavy atom. The highest BCUT2D eigenvalue weighted by Gasteiger charge is 2.20. The summed E-state index contributed by atoms with van der Waals surface area (Å²) in [5.74, 6) is 0.466. The molecule has 1 aliphatic heterocycles. The maximum Gasteiger partial charge on any atom is 0.123 e. The molecule has 82 valence electrons. The molecular formula is C13H18FN. The summed E-state index contributed by atoms with van der Waals surface area (Å²) in [5, 5.41) is 3.50. The molecule has 1 aromatic carbocycles. The lowest BCUT2D eigenvalue weighted by Gasteiger charge is -2.19. The van der Waals surface area contributed by atoms with Gasteiger partial charge in [-0.3, -0.25) is 0 Å². The van der Waals surface area contributed by atoms with E-state index in [-0.39, 0.29) is 5.82 Å². The Labute approximate surface area is 90.7 Å². The predicted octanol–water partition coefficient (Wildman–Crippen LogP) is 2.76. The summed E-state index contributed by atoms with van der Waals surface area (Å²) in [5.41, 5.74) is 1.11. The molecule has 1 heterocycles. The van der Waals surface area contributed by atoms with Crippen LogP contribution in [-0.4, -0.2) is 12.6 Å². The lowest BCUT2D eigenvalue weighted by Crippen LogP contribution is -2.29. The molecule has 2 unspecified atom stereocenters. The summed E-state index contributed by atoms with van der Waals surface area (Å²) in [6, 6.07) is 7.56. The van der Waals surface area contributed by atoms with E-state index in [1.54, 1.807) is 12.1 Å². The zero-order valence-electron chi connectivity index (χ0n) is 9.17. The van der Waals surface area contributed by atoms with Crippen LogP contribution in [0.3, 0.4) is 0 Å². The van der Waals surface area contributed by atoms with Crippen LogP contribution in [0.4, 0.5) is 4.39 Å². The monoisotopic (exact) mass is 207 g/mol. The molecule has 0 bridgehead atoms. The van der Waals surface area contributed by atoms with E-state index in [4.69, 9.17) is 0 Å². The summed E-state index contributed by atoms with van der Waals surface area (Å²) in [4.78, 5) is 0. The maximum atomic E-state index is 13.0. The van der Waals surface area contributed by atoms with E-state index in [0.717, 1.165) is 18.5 Å². The largest absolute Gasteiger partial charge is 0.314 e. The van der Waals surface area contributed by atoms with E-state index in [1.165, 1.54) is 18.9 Å². The minimum Gasteiger partial charge on any atom is -0.314 e. The van der Waals surface area contributed by atoms with E-state index < -0.39 is 0 Å². The van der Waals surface area contributed by atoms with Crippen LogP contribution in [0, 0.1) is 11.7 Å². The average Bonchev–Trinajstić information content (AvgIpc) is 2.70. The summed E-state index contributed by atoms with van der Waals surface area (Å²) >= 11 is 0. The first kappa shape index (κ1) is 10.6. The number of benzene rings is 1. The van der Waals surface area contributed by atoms with Crippen molar-refractivity contribution in [3.63, 3.8) is 0 Å². The Bertz CT molecular complexity index is 318. The summed E-state index contributed by atoms with van der Waals surface area (Å²) in [7, 11) is 0. The molecule has 1 saturated heterocycles. The van der Waals surface area contributed by atoms with Crippen LogP contribution in [-0.2, 0) is 6.42 Å². The highest BCUT2D eigenvalue weighted by Crippen LogP contribution is 2.19. The third-order valence-electron chi connectivity index (χ3n) is 3.23. The summed E-state index contributed by atoms with van der Waals surface area (Å²) in [6.07, 6.45) is 3.50. The molecule has 2 rings (SSSR count). The molecule has 0 saturated carbocycles. The van der Waals surface area contributed by atoms with Crippen molar-refractivity contribution in [2.45, 2.75) is 32.2 Å². The van der Waals surface area contributed by atoms with Crippen LogP contribution in [0.25, 0.3) is 0 Å². The molecule has 0 aromatic heterocycles. The molecule has 1 nitrogen and oxygen atoms in total. The number of hydrogen-bond acceptors (Lipinski definition) is 1.